The van der Waals surface area contributed by atoms with E-state index in [-0.39, 0.29) is 5.78 Å². The largest absolute Gasteiger partial charge is 0.399 e. The van der Waals surface area contributed by atoms with Gasteiger partial charge < -0.3 is 15.6 Å². The lowest BCUT2D eigenvalue weighted by Crippen LogP contribution is -2.48. The number of nitrogens with two attached hydrogens (primary N) is 1. The number of nitrogens with zero attached hydrogens (tertiary/aromatic N) is 2. The zero-order chi connectivity index (χ0) is 23.7. The van der Waals surface area contributed by atoms with Gasteiger partial charge in [0.2, 0.25) is 10.0 Å². The molecule has 0 unspecified atom stereocenters. The maximum atomic E-state index is 13.7. The molecule has 0 radical (unpaired) electrons. The van der Waals surface area contributed by atoms with Gasteiger partial charge in [0.05, 0.1) is 17.5 Å². The van der Waals surface area contributed by atoms with Crippen LogP contribution in [0.25, 0.3) is 10.9 Å². The minimum atomic E-state index is -3.23. The van der Waals surface area contributed by atoms with E-state index in [1.165, 1.54) is 10.6 Å². The Morgan fingerprint density at radius 2 is 1.82 bits per heavy atom. The highest BCUT2D eigenvalue weighted by Gasteiger charge is 2.40. The van der Waals surface area contributed by atoms with Gasteiger partial charge in [-0.05, 0) is 29.8 Å². The van der Waals surface area contributed by atoms with Gasteiger partial charge in [-0.2, -0.15) is 4.31 Å². The van der Waals surface area contributed by atoms with Crippen molar-refractivity contribution in [3.8, 4) is 12.3 Å². The summed E-state index contributed by atoms with van der Waals surface area (Å²) in [5, 5.41) is 0.853. The smallest absolute Gasteiger partial charge is 0.211 e. The number of nitrogen functional groups attached to an aromatic ring is 1. The van der Waals surface area contributed by atoms with E-state index < -0.39 is 15.4 Å². The van der Waals surface area contributed by atoms with Gasteiger partial charge in [-0.3, -0.25) is 4.79 Å². The molecule has 1 aliphatic carbocycles. The number of hydrogen-bond donors (Lipinski definition) is 2. The van der Waals surface area contributed by atoms with Gasteiger partial charge in [-0.15, -0.1) is 6.42 Å². The number of terminal acetylenes is 1. The van der Waals surface area contributed by atoms with Crippen molar-refractivity contribution in [1.29, 1.82) is 0 Å². The Balaban J connectivity index is 1.63. The Morgan fingerprint density at radius 3 is 2.45 bits per heavy atom. The normalized spacial score (nSPS) is 18.1. The van der Waals surface area contributed by atoms with E-state index in [0.717, 1.165) is 27.8 Å². The Morgan fingerprint density at radius 1 is 1.12 bits per heavy atom. The van der Waals surface area contributed by atoms with Crippen LogP contribution in [0.15, 0.2) is 30.3 Å². The standard InChI is InChI=1S/C25H26N4O3S/c1-5-15-12-18-19(14-21(15)28-8-10-29(11-9-28)33(4,31)32)25(2,3)24-22(23(18)30)17-7-6-16(26)13-20(17)27-24/h1,6-7,12-14,27H,8-11,26H2,2-4H3. The first-order valence-electron chi connectivity index (χ1n) is 10.8. The first-order valence-corrected chi connectivity index (χ1v) is 12.7. The minimum Gasteiger partial charge on any atom is -0.399 e. The quantitative estimate of drug-likeness (QED) is 0.451. The van der Waals surface area contributed by atoms with Gasteiger partial charge in [-0.25, -0.2) is 8.42 Å². The maximum absolute atomic E-state index is 13.7. The van der Waals surface area contributed by atoms with Gasteiger partial charge in [0.25, 0.3) is 0 Å². The van der Waals surface area contributed by atoms with Crippen molar-refractivity contribution in [2.75, 3.05) is 43.1 Å². The molecule has 1 aromatic heterocycles. The molecule has 7 nitrogen and oxygen atoms in total. The highest BCUT2D eigenvalue weighted by Crippen LogP contribution is 2.45. The van der Waals surface area contributed by atoms with Gasteiger partial charge in [0.1, 0.15) is 0 Å². The molecule has 1 saturated heterocycles. The first kappa shape index (κ1) is 21.6. The summed E-state index contributed by atoms with van der Waals surface area (Å²) >= 11 is 0. The Labute approximate surface area is 193 Å². The van der Waals surface area contributed by atoms with E-state index in [0.29, 0.717) is 48.6 Å². The van der Waals surface area contributed by atoms with Crippen LogP contribution >= 0.6 is 0 Å². The molecule has 0 bridgehead atoms. The summed E-state index contributed by atoms with van der Waals surface area (Å²) in [6.45, 7) is 6.05. The van der Waals surface area contributed by atoms with E-state index in [2.05, 4.69) is 29.7 Å². The molecule has 0 amide bonds. The molecule has 3 aromatic rings. The predicted molar refractivity (Wildman–Crippen MR) is 131 cm³/mol. The molecule has 1 aliphatic heterocycles. The molecule has 3 N–H and O–H groups in total. The van der Waals surface area contributed by atoms with Crippen LogP contribution in [0, 0.1) is 12.3 Å². The second-order valence-electron chi connectivity index (χ2n) is 9.34. The summed E-state index contributed by atoms with van der Waals surface area (Å²) in [5.74, 6) is 2.69. The van der Waals surface area contributed by atoms with Crippen molar-refractivity contribution in [3.05, 3.63) is 58.3 Å². The van der Waals surface area contributed by atoms with Crippen LogP contribution in [0.4, 0.5) is 11.4 Å². The molecule has 8 heteroatoms. The van der Waals surface area contributed by atoms with E-state index >= 15 is 0 Å². The number of H-pyrrole nitrogens is 1. The fourth-order valence-corrected chi connectivity index (χ4v) is 5.95. The third-order valence-electron chi connectivity index (χ3n) is 6.93. The van der Waals surface area contributed by atoms with Crippen molar-refractivity contribution in [1.82, 2.24) is 9.29 Å². The zero-order valence-electron chi connectivity index (χ0n) is 18.9. The topological polar surface area (TPSA) is 99.5 Å². The van der Waals surface area contributed by atoms with Gasteiger partial charge in [0, 0.05) is 65.0 Å². The number of carbonyl (C=O) groups is 1. The predicted octanol–water partition coefficient (Wildman–Crippen LogP) is 2.68. The number of anilines is 2. The van der Waals surface area contributed by atoms with Crippen LogP contribution in [0.5, 0.6) is 0 Å². The summed E-state index contributed by atoms with van der Waals surface area (Å²) in [4.78, 5) is 19.2. The number of nitrogens with one attached hydrogen (secondary N) is 1. The zero-order valence-corrected chi connectivity index (χ0v) is 19.7. The lowest BCUT2D eigenvalue weighted by Gasteiger charge is -2.38. The molecule has 2 heterocycles. The van der Waals surface area contributed by atoms with Crippen molar-refractivity contribution < 1.29 is 13.2 Å². The Kier molecular flexibility index (Phi) is 4.64. The van der Waals surface area contributed by atoms with Crippen LogP contribution in [0.3, 0.4) is 0 Å². The number of rotatable bonds is 2. The Hall–Kier alpha value is -3.28. The first-order chi connectivity index (χ1) is 15.5. The van der Waals surface area contributed by atoms with Gasteiger partial charge in [0.15, 0.2) is 5.78 Å². The second kappa shape index (κ2) is 7.11. The molecular formula is C25H26N4O3S. The Bertz CT molecular complexity index is 1470. The SMILES string of the molecule is C#Cc1cc2c(cc1N1CCN(S(C)(=O)=O)CC1)C(C)(C)c1[nH]c3cc(N)ccc3c1C2=O. The van der Waals surface area contributed by atoms with Crippen LogP contribution in [0.1, 0.15) is 46.6 Å². The number of aromatic nitrogens is 1. The summed E-state index contributed by atoms with van der Waals surface area (Å²) in [5.41, 5.74) is 11.5. The molecule has 2 aromatic carbocycles. The number of carbonyl (C=O) groups excluding carboxylic acids is 1. The van der Waals surface area contributed by atoms with Gasteiger partial charge >= 0.3 is 0 Å². The molecule has 5 rings (SSSR count). The molecule has 0 atom stereocenters. The third kappa shape index (κ3) is 3.23. The average Bonchev–Trinajstić information content (AvgIpc) is 3.16. The van der Waals surface area contributed by atoms with E-state index in [1.807, 2.05) is 24.3 Å². The minimum absolute atomic E-state index is 0.0553. The van der Waals surface area contributed by atoms with Crippen molar-refractivity contribution in [2.45, 2.75) is 19.3 Å². The number of benzene rings is 2. The summed E-state index contributed by atoms with van der Waals surface area (Å²) in [6, 6.07) is 9.37. The lowest BCUT2D eigenvalue weighted by atomic mass is 9.70. The van der Waals surface area contributed by atoms with Gasteiger partial charge in [-0.1, -0.05) is 25.8 Å². The monoisotopic (exact) mass is 462 g/mol. The van der Waals surface area contributed by atoms with Crippen molar-refractivity contribution >= 4 is 38.1 Å². The van der Waals surface area contributed by atoms with Crippen molar-refractivity contribution in [2.24, 2.45) is 0 Å². The molecule has 1 fully saturated rings. The maximum Gasteiger partial charge on any atom is 0.211 e. The van der Waals surface area contributed by atoms with E-state index in [9.17, 15) is 13.2 Å². The fourth-order valence-electron chi connectivity index (χ4n) is 5.12. The second-order valence-corrected chi connectivity index (χ2v) is 11.3. The van der Waals surface area contributed by atoms with E-state index in [4.69, 9.17) is 12.2 Å². The number of aromatic amines is 1. The van der Waals surface area contributed by atoms with Crippen LogP contribution < -0.4 is 10.6 Å². The fraction of sp³-hybridized carbons (Fsp3) is 0.320. The third-order valence-corrected chi connectivity index (χ3v) is 8.24. The number of hydrogen-bond acceptors (Lipinski definition) is 5. The number of piperazine rings is 1. The summed E-state index contributed by atoms with van der Waals surface area (Å²) < 4.78 is 25.3. The van der Waals surface area contributed by atoms with Crippen molar-refractivity contribution in [3.63, 3.8) is 0 Å². The number of sulfonamides is 1. The molecular weight excluding hydrogens is 436 g/mol. The molecule has 170 valence electrons. The van der Waals surface area contributed by atoms with E-state index in [1.54, 1.807) is 6.07 Å². The summed E-state index contributed by atoms with van der Waals surface area (Å²) in [7, 11) is -3.23. The van der Waals surface area contributed by atoms with Crippen LogP contribution in [0.2, 0.25) is 0 Å². The molecule has 33 heavy (non-hydrogen) atoms. The van der Waals surface area contributed by atoms with Crippen LogP contribution in [-0.2, 0) is 15.4 Å². The molecule has 0 saturated carbocycles. The number of fused-ring (bicyclic) bond motifs is 4. The average molecular weight is 463 g/mol. The number of ketones is 1. The van der Waals surface area contributed by atoms with Crippen LogP contribution in [-0.4, -0.2) is 55.9 Å². The molecule has 0 spiro atoms. The molecule has 2 aliphatic rings. The highest BCUT2D eigenvalue weighted by atomic mass is 32.2. The summed E-state index contributed by atoms with van der Waals surface area (Å²) in [6.07, 6.45) is 7.10. The highest BCUT2D eigenvalue weighted by molar-refractivity contribution is 7.88. The lowest BCUT2D eigenvalue weighted by molar-refractivity contribution is 0.103.